The van der Waals surface area contributed by atoms with Crippen molar-refractivity contribution < 1.29 is 18.3 Å². The molecule has 3 aromatic heterocycles. The van der Waals surface area contributed by atoms with Gasteiger partial charge in [-0.25, -0.2) is 4.98 Å². The molecule has 0 amide bonds. The molecule has 4 rings (SSSR count). The third-order valence-corrected chi connectivity index (χ3v) is 4.41. The number of pyridine rings is 2. The summed E-state index contributed by atoms with van der Waals surface area (Å²) in [5.41, 5.74) is -1.31. The zero-order valence-electron chi connectivity index (χ0n) is 14.9. The van der Waals surface area contributed by atoms with E-state index in [1.54, 1.807) is 30.2 Å². The van der Waals surface area contributed by atoms with Crippen molar-refractivity contribution in [3.05, 3.63) is 47.9 Å². The number of alkyl halides is 3. The van der Waals surface area contributed by atoms with Crippen molar-refractivity contribution in [1.82, 2.24) is 19.9 Å². The van der Waals surface area contributed by atoms with E-state index in [0.29, 0.717) is 35.9 Å². The van der Waals surface area contributed by atoms with Gasteiger partial charge < -0.3 is 15.3 Å². The molecule has 1 aliphatic heterocycles. The van der Waals surface area contributed by atoms with Crippen molar-refractivity contribution >= 4 is 22.8 Å². The Morgan fingerprint density at radius 2 is 1.86 bits per heavy atom. The first kappa shape index (κ1) is 18.4. The fraction of sp³-hybridized carbons (Fsp3) is 0.333. The molecule has 0 bridgehead atoms. The topological polar surface area (TPSA) is 87.1 Å². The minimum absolute atomic E-state index is 0.0130. The van der Waals surface area contributed by atoms with Gasteiger partial charge in [-0.1, -0.05) is 6.07 Å². The third-order valence-electron chi connectivity index (χ3n) is 4.41. The molecule has 4 heterocycles. The fourth-order valence-corrected chi connectivity index (χ4v) is 3.16. The van der Waals surface area contributed by atoms with E-state index in [4.69, 9.17) is 0 Å². The number of halogens is 3. The van der Waals surface area contributed by atoms with Gasteiger partial charge in [-0.3, -0.25) is 4.98 Å². The molecular formula is C18H17F3N6O. The second kappa shape index (κ2) is 6.55. The minimum atomic E-state index is -4.54. The molecule has 3 aromatic rings. The van der Waals surface area contributed by atoms with Gasteiger partial charge >= 0.3 is 6.18 Å². The highest BCUT2D eigenvalue weighted by molar-refractivity contribution is 5.87. The molecule has 0 saturated carbocycles. The van der Waals surface area contributed by atoms with E-state index in [0.717, 1.165) is 6.20 Å². The zero-order chi connectivity index (χ0) is 19.9. The third kappa shape index (κ3) is 3.55. The summed E-state index contributed by atoms with van der Waals surface area (Å²) >= 11 is 0. The van der Waals surface area contributed by atoms with Gasteiger partial charge in [0.15, 0.2) is 5.65 Å². The number of fused-ring (bicyclic) bond motifs is 1. The number of rotatable bonds is 4. The monoisotopic (exact) mass is 390 g/mol. The number of anilines is 2. The van der Waals surface area contributed by atoms with Crippen LogP contribution in [0.5, 0.6) is 0 Å². The predicted octanol–water partition coefficient (Wildman–Crippen LogP) is 2.62. The highest BCUT2D eigenvalue weighted by Crippen LogP contribution is 2.31. The largest absolute Gasteiger partial charge is 0.433 e. The molecule has 1 saturated heterocycles. The normalized spacial score (nSPS) is 16.1. The van der Waals surface area contributed by atoms with E-state index in [1.165, 1.54) is 12.1 Å². The number of aromatic nitrogens is 4. The quantitative estimate of drug-likeness (QED) is 0.708. The van der Waals surface area contributed by atoms with E-state index in [1.807, 2.05) is 0 Å². The van der Waals surface area contributed by atoms with Crippen LogP contribution in [0.3, 0.4) is 0 Å². The van der Waals surface area contributed by atoms with Crippen LogP contribution in [0.2, 0.25) is 0 Å². The van der Waals surface area contributed by atoms with E-state index >= 15 is 0 Å². The van der Waals surface area contributed by atoms with Gasteiger partial charge in [0.05, 0.1) is 24.1 Å². The molecule has 0 atom stereocenters. The van der Waals surface area contributed by atoms with Crippen LogP contribution in [0.15, 0.2) is 36.7 Å². The Morgan fingerprint density at radius 1 is 1.14 bits per heavy atom. The van der Waals surface area contributed by atoms with Crippen molar-refractivity contribution in [2.24, 2.45) is 0 Å². The van der Waals surface area contributed by atoms with Crippen LogP contribution in [-0.2, 0) is 12.7 Å². The first-order valence-corrected chi connectivity index (χ1v) is 8.58. The first-order valence-electron chi connectivity index (χ1n) is 8.58. The average molecular weight is 390 g/mol. The Bertz CT molecular complexity index is 1020. The highest BCUT2D eigenvalue weighted by Gasteiger charge is 2.38. The molecule has 0 aromatic carbocycles. The molecule has 7 nitrogen and oxygen atoms in total. The molecule has 1 aliphatic rings. The number of hydrogen-bond acceptors (Lipinski definition) is 7. The Labute approximate surface area is 158 Å². The summed E-state index contributed by atoms with van der Waals surface area (Å²) in [6.45, 7) is 2.33. The van der Waals surface area contributed by atoms with Crippen LogP contribution >= 0.6 is 0 Å². The van der Waals surface area contributed by atoms with Gasteiger partial charge in [0.2, 0.25) is 5.95 Å². The lowest BCUT2D eigenvalue weighted by molar-refractivity contribution is -0.141. The predicted molar refractivity (Wildman–Crippen MR) is 96.7 cm³/mol. The molecule has 146 valence electrons. The summed E-state index contributed by atoms with van der Waals surface area (Å²) in [6, 6.07) is 6.28. The van der Waals surface area contributed by atoms with E-state index in [9.17, 15) is 18.3 Å². The molecule has 0 unspecified atom stereocenters. The maximum absolute atomic E-state index is 13.2. The summed E-state index contributed by atoms with van der Waals surface area (Å²) in [5.74, 6) is 0.735. The fourth-order valence-electron chi connectivity index (χ4n) is 3.16. The maximum Gasteiger partial charge on any atom is 0.433 e. The zero-order valence-corrected chi connectivity index (χ0v) is 14.9. The molecular weight excluding hydrogens is 373 g/mol. The van der Waals surface area contributed by atoms with Gasteiger partial charge in [0, 0.05) is 24.5 Å². The van der Waals surface area contributed by atoms with Crippen molar-refractivity contribution in [1.29, 1.82) is 0 Å². The lowest BCUT2D eigenvalue weighted by Gasteiger charge is -2.44. The molecule has 10 heteroatoms. The summed E-state index contributed by atoms with van der Waals surface area (Å²) in [5, 5.41) is 13.5. The molecule has 28 heavy (non-hydrogen) atoms. The average Bonchev–Trinajstić information content (AvgIpc) is 2.63. The number of hydrogen-bond donors (Lipinski definition) is 2. The summed E-state index contributed by atoms with van der Waals surface area (Å²) in [7, 11) is 0. The van der Waals surface area contributed by atoms with E-state index in [2.05, 4.69) is 25.3 Å². The molecule has 0 aliphatic carbocycles. The maximum atomic E-state index is 13.2. The lowest BCUT2D eigenvalue weighted by atomic mass is 9.98. The number of nitrogens with zero attached hydrogens (tertiary/aromatic N) is 5. The van der Waals surface area contributed by atoms with Gasteiger partial charge in [0.1, 0.15) is 11.5 Å². The van der Waals surface area contributed by atoms with Crippen molar-refractivity contribution in [3.63, 3.8) is 0 Å². The molecule has 0 radical (unpaired) electrons. The summed E-state index contributed by atoms with van der Waals surface area (Å²) in [6.07, 6.45) is -1.84. The molecule has 1 fully saturated rings. The van der Waals surface area contributed by atoms with Crippen LogP contribution in [0.1, 0.15) is 18.2 Å². The second-order valence-corrected chi connectivity index (χ2v) is 6.96. The van der Waals surface area contributed by atoms with Crippen LogP contribution < -0.4 is 10.2 Å². The summed E-state index contributed by atoms with van der Waals surface area (Å²) in [4.78, 5) is 18.3. The number of β-amino-alcohol motifs (C(OH)–C–C–N with tert-alkyl or cyclic N) is 1. The Hall–Kier alpha value is -3.01. The van der Waals surface area contributed by atoms with Gasteiger partial charge in [0.25, 0.3) is 0 Å². The van der Waals surface area contributed by atoms with Gasteiger partial charge in [-0.15, -0.1) is 0 Å². The van der Waals surface area contributed by atoms with Crippen molar-refractivity contribution in [3.8, 4) is 0 Å². The van der Waals surface area contributed by atoms with E-state index < -0.39 is 17.5 Å². The van der Waals surface area contributed by atoms with Gasteiger partial charge in [-0.2, -0.15) is 23.1 Å². The minimum Gasteiger partial charge on any atom is -0.386 e. The highest BCUT2D eigenvalue weighted by atomic mass is 19.4. The number of nitrogens with one attached hydrogen (secondary N) is 1. The number of aliphatic hydroxyl groups is 1. The lowest BCUT2D eigenvalue weighted by Crippen LogP contribution is -2.60. The summed E-state index contributed by atoms with van der Waals surface area (Å²) < 4.78 is 39.5. The molecule has 2 N–H and O–H groups in total. The SMILES string of the molecule is CC1(O)CN(c2nc(NCc3cccnc3C(F)(F)F)c3cccnc3n2)C1. The second-order valence-electron chi connectivity index (χ2n) is 6.96. The van der Waals surface area contributed by atoms with Crippen LogP contribution in [0.25, 0.3) is 11.0 Å². The van der Waals surface area contributed by atoms with Gasteiger partial charge in [-0.05, 0) is 25.1 Å². The van der Waals surface area contributed by atoms with Crippen molar-refractivity contribution in [2.45, 2.75) is 25.2 Å². The van der Waals surface area contributed by atoms with Crippen molar-refractivity contribution in [2.75, 3.05) is 23.3 Å². The standard InChI is InChI=1S/C18H17F3N6O/c1-17(28)9-27(10-17)16-25-14-12(5-3-7-23-14)15(26-16)24-8-11-4-2-6-22-13(11)18(19,20)21/h2-7,28H,8-10H2,1H3,(H,23,24,25,26). The Balaban J connectivity index is 1.66. The van der Waals surface area contributed by atoms with Crippen LogP contribution in [-0.4, -0.2) is 43.7 Å². The molecule has 0 spiro atoms. The Morgan fingerprint density at radius 3 is 2.57 bits per heavy atom. The Kier molecular flexibility index (Phi) is 4.30. The van der Waals surface area contributed by atoms with Crippen LogP contribution in [0.4, 0.5) is 24.9 Å². The van der Waals surface area contributed by atoms with Crippen LogP contribution in [0, 0.1) is 0 Å². The van der Waals surface area contributed by atoms with E-state index in [-0.39, 0.29) is 12.1 Å². The smallest absolute Gasteiger partial charge is 0.386 e. The first-order chi connectivity index (χ1) is 13.2.